The first-order valence-electron chi connectivity index (χ1n) is 5.86. The van der Waals surface area contributed by atoms with Gasteiger partial charge in [0.15, 0.2) is 5.84 Å². The van der Waals surface area contributed by atoms with Crippen LogP contribution in [0.4, 0.5) is 5.69 Å². The van der Waals surface area contributed by atoms with Gasteiger partial charge >= 0.3 is 5.69 Å². The molecule has 0 aliphatic rings. The van der Waals surface area contributed by atoms with E-state index in [1.807, 2.05) is 6.92 Å². The Labute approximate surface area is 115 Å². The number of rotatable bonds is 7. The predicted molar refractivity (Wildman–Crippen MR) is 70.0 cm³/mol. The van der Waals surface area contributed by atoms with Crippen molar-refractivity contribution in [3.8, 4) is 5.88 Å². The van der Waals surface area contributed by atoms with Crippen molar-refractivity contribution < 1.29 is 19.6 Å². The summed E-state index contributed by atoms with van der Waals surface area (Å²) in [5, 5.41) is 22.3. The molecule has 1 aromatic heterocycles. The summed E-state index contributed by atoms with van der Waals surface area (Å²) in [4.78, 5) is 14.2. The molecule has 0 spiro atoms. The van der Waals surface area contributed by atoms with Crippen LogP contribution < -0.4 is 10.5 Å². The molecule has 0 radical (unpaired) electrons. The van der Waals surface area contributed by atoms with Crippen LogP contribution in [0.5, 0.6) is 5.88 Å². The molecule has 110 valence electrons. The zero-order chi connectivity index (χ0) is 15.1. The normalized spacial score (nSPS) is 13.0. The van der Waals surface area contributed by atoms with E-state index in [2.05, 4.69) is 10.1 Å². The lowest BCUT2D eigenvalue weighted by atomic mass is 10.2. The third kappa shape index (κ3) is 4.05. The van der Waals surface area contributed by atoms with Crippen LogP contribution in [0.25, 0.3) is 0 Å². The number of amidine groups is 1. The van der Waals surface area contributed by atoms with Crippen LogP contribution in [-0.4, -0.2) is 40.3 Å². The SMILES string of the molecule is CCOCC(C)Oc1ncc(C(N)=NO)cc1[N+](=O)[O-]. The molecule has 9 heteroatoms. The lowest BCUT2D eigenvalue weighted by Crippen LogP contribution is -2.21. The topological polar surface area (TPSA) is 133 Å². The average Bonchev–Trinajstić information content (AvgIpc) is 2.44. The Balaban J connectivity index is 2.99. The summed E-state index contributed by atoms with van der Waals surface area (Å²) < 4.78 is 10.5. The second-order valence-corrected chi connectivity index (χ2v) is 3.88. The standard InChI is InChI=1S/C11H16N4O5/c1-3-19-6-7(2)20-11-9(15(17)18)4-8(5-13-11)10(12)14-16/h4-5,7,16H,3,6H2,1-2H3,(H2,12,14). The molecule has 1 rings (SSSR count). The molecule has 0 aliphatic carbocycles. The van der Waals surface area contributed by atoms with E-state index in [4.69, 9.17) is 20.4 Å². The maximum atomic E-state index is 11.0. The molecular weight excluding hydrogens is 268 g/mol. The van der Waals surface area contributed by atoms with Crippen molar-refractivity contribution in [2.75, 3.05) is 13.2 Å². The minimum Gasteiger partial charge on any atom is -0.467 e. The van der Waals surface area contributed by atoms with Gasteiger partial charge < -0.3 is 20.4 Å². The predicted octanol–water partition coefficient (Wildman–Crippen LogP) is 0.888. The molecule has 0 saturated heterocycles. The first kappa shape index (κ1) is 15.6. The largest absolute Gasteiger partial charge is 0.467 e. The molecule has 0 aromatic carbocycles. The van der Waals surface area contributed by atoms with Gasteiger partial charge in [0.2, 0.25) is 0 Å². The van der Waals surface area contributed by atoms with E-state index >= 15 is 0 Å². The highest BCUT2D eigenvalue weighted by Gasteiger charge is 2.21. The second kappa shape index (κ2) is 7.24. The number of oxime groups is 1. The van der Waals surface area contributed by atoms with Crippen molar-refractivity contribution in [2.24, 2.45) is 10.9 Å². The number of pyridine rings is 1. The zero-order valence-electron chi connectivity index (χ0n) is 11.1. The van der Waals surface area contributed by atoms with E-state index in [1.165, 1.54) is 6.20 Å². The monoisotopic (exact) mass is 284 g/mol. The summed E-state index contributed by atoms with van der Waals surface area (Å²) in [6.07, 6.45) is 0.834. The maximum absolute atomic E-state index is 11.0. The minimum absolute atomic E-state index is 0.129. The van der Waals surface area contributed by atoms with Crippen LogP contribution in [0.1, 0.15) is 19.4 Å². The van der Waals surface area contributed by atoms with Crippen LogP contribution in [0.15, 0.2) is 17.4 Å². The van der Waals surface area contributed by atoms with E-state index in [1.54, 1.807) is 6.92 Å². The van der Waals surface area contributed by atoms with Gasteiger partial charge in [-0.15, -0.1) is 0 Å². The number of nitrogens with zero attached hydrogens (tertiary/aromatic N) is 3. The summed E-state index contributed by atoms with van der Waals surface area (Å²) in [6, 6.07) is 1.13. The van der Waals surface area contributed by atoms with Crippen molar-refractivity contribution in [1.29, 1.82) is 0 Å². The first-order valence-corrected chi connectivity index (χ1v) is 5.86. The third-order valence-electron chi connectivity index (χ3n) is 2.30. The second-order valence-electron chi connectivity index (χ2n) is 3.88. The fourth-order valence-corrected chi connectivity index (χ4v) is 1.37. The van der Waals surface area contributed by atoms with Crippen molar-refractivity contribution in [2.45, 2.75) is 20.0 Å². The van der Waals surface area contributed by atoms with E-state index < -0.39 is 11.0 Å². The maximum Gasteiger partial charge on any atom is 0.331 e. The summed E-state index contributed by atoms with van der Waals surface area (Å²) in [7, 11) is 0. The van der Waals surface area contributed by atoms with Gasteiger partial charge in [0.1, 0.15) is 6.10 Å². The zero-order valence-corrected chi connectivity index (χ0v) is 11.1. The smallest absolute Gasteiger partial charge is 0.331 e. The molecule has 0 saturated carbocycles. The third-order valence-corrected chi connectivity index (χ3v) is 2.30. The van der Waals surface area contributed by atoms with Crippen LogP contribution in [0, 0.1) is 10.1 Å². The quantitative estimate of drug-likeness (QED) is 0.249. The van der Waals surface area contributed by atoms with Crippen LogP contribution in [0.2, 0.25) is 0 Å². The number of hydrogen-bond donors (Lipinski definition) is 2. The molecule has 0 amide bonds. The van der Waals surface area contributed by atoms with Gasteiger partial charge in [-0.2, -0.15) is 0 Å². The van der Waals surface area contributed by atoms with Gasteiger partial charge in [-0.25, -0.2) is 4.98 Å². The lowest BCUT2D eigenvalue weighted by molar-refractivity contribution is -0.386. The highest BCUT2D eigenvalue weighted by atomic mass is 16.6. The van der Waals surface area contributed by atoms with Crippen molar-refractivity contribution in [3.63, 3.8) is 0 Å². The Kier molecular flexibility index (Phi) is 5.66. The lowest BCUT2D eigenvalue weighted by Gasteiger charge is -2.13. The molecular formula is C11H16N4O5. The summed E-state index contributed by atoms with van der Waals surface area (Å²) in [5.74, 6) is -0.411. The van der Waals surface area contributed by atoms with E-state index in [0.717, 1.165) is 6.07 Å². The van der Waals surface area contributed by atoms with Crippen molar-refractivity contribution >= 4 is 11.5 Å². The van der Waals surface area contributed by atoms with Gasteiger partial charge in [-0.3, -0.25) is 10.1 Å². The molecule has 1 unspecified atom stereocenters. The Morgan fingerprint density at radius 3 is 2.95 bits per heavy atom. The van der Waals surface area contributed by atoms with Gasteiger partial charge in [-0.05, 0) is 13.8 Å². The fraction of sp³-hybridized carbons (Fsp3) is 0.455. The Hall–Kier alpha value is -2.42. The van der Waals surface area contributed by atoms with Crippen LogP contribution in [0.3, 0.4) is 0 Å². The number of nitrogens with two attached hydrogens (primary N) is 1. The molecule has 0 bridgehead atoms. The molecule has 3 N–H and O–H groups in total. The number of ether oxygens (including phenoxy) is 2. The van der Waals surface area contributed by atoms with E-state index in [9.17, 15) is 10.1 Å². The van der Waals surface area contributed by atoms with Gasteiger partial charge in [0.25, 0.3) is 5.88 Å². The van der Waals surface area contributed by atoms with Gasteiger partial charge in [-0.1, -0.05) is 5.16 Å². The first-order chi connectivity index (χ1) is 9.49. The average molecular weight is 284 g/mol. The number of nitro groups is 1. The minimum atomic E-state index is -0.649. The highest BCUT2D eigenvalue weighted by molar-refractivity contribution is 5.97. The Bertz CT molecular complexity index is 506. The van der Waals surface area contributed by atoms with Crippen LogP contribution in [-0.2, 0) is 4.74 Å². The molecule has 0 fully saturated rings. The van der Waals surface area contributed by atoms with E-state index in [0.29, 0.717) is 6.61 Å². The molecule has 1 heterocycles. The summed E-state index contributed by atoms with van der Waals surface area (Å²) in [5.41, 5.74) is 5.12. The molecule has 9 nitrogen and oxygen atoms in total. The molecule has 1 atom stereocenters. The highest BCUT2D eigenvalue weighted by Crippen LogP contribution is 2.26. The molecule has 0 aliphatic heterocycles. The van der Waals surface area contributed by atoms with Crippen molar-refractivity contribution in [3.05, 3.63) is 27.9 Å². The summed E-state index contributed by atoms with van der Waals surface area (Å²) >= 11 is 0. The Morgan fingerprint density at radius 2 is 2.40 bits per heavy atom. The molecule has 20 heavy (non-hydrogen) atoms. The fourth-order valence-electron chi connectivity index (χ4n) is 1.37. The number of hydrogen-bond acceptors (Lipinski definition) is 7. The van der Waals surface area contributed by atoms with Gasteiger partial charge in [0.05, 0.1) is 11.5 Å². The van der Waals surface area contributed by atoms with E-state index in [-0.39, 0.29) is 29.6 Å². The summed E-state index contributed by atoms with van der Waals surface area (Å²) in [6.45, 7) is 4.35. The van der Waals surface area contributed by atoms with Crippen LogP contribution >= 0.6 is 0 Å². The van der Waals surface area contributed by atoms with Crippen molar-refractivity contribution in [1.82, 2.24) is 4.98 Å². The molecule has 1 aromatic rings. The van der Waals surface area contributed by atoms with Gasteiger partial charge in [0, 0.05) is 24.4 Å². The number of aromatic nitrogens is 1. The Morgan fingerprint density at radius 1 is 1.70 bits per heavy atom.